The molecule has 0 spiro atoms. The molecule has 21 heavy (non-hydrogen) atoms. The minimum absolute atomic E-state index is 0.290. The second kappa shape index (κ2) is 7.60. The monoisotopic (exact) mass is 288 g/mol. The Balaban J connectivity index is 1.78. The van der Waals surface area contributed by atoms with Crippen LogP contribution in [-0.4, -0.2) is 30.4 Å². The first-order chi connectivity index (χ1) is 10.1. The molecule has 116 valence electrons. The molecule has 0 unspecified atom stereocenters. The van der Waals surface area contributed by atoms with Gasteiger partial charge in [-0.2, -0.15) is 0 Å². The molecule has 3 heteroatoms. The van der Waals surface area contributed by atoms with Crippen LogP contribution in [0.2, 0.25) is 0 Å². The van der Waals surface area contributed by atoms with E-state index in [4.69, 9.17) is 5.73 Å². The molecule has 2 rings (SSSR count). The molecule has 0 bridgehead atoms. The fourth-order valence-electron chi connectivity index (χ4n) is 2.90. The number of carbonyl (C=O) groups is 1. The molecule has 1 aromatic carbocycles. The highest BCUT2D eigenvalue weighted by atomic mass is 16.2. The van der Waals surface area contributed by atoms with Gasteiger partial charge in [0.15, 0.2) is 0 Å². The highest BCUT2D eigenvalue weighted by molar-refractivity contribution is 5.76. The Kier molecular flexibility index (Phi) is 5.80. The second-order valence-corrected chi connectivity index (χ2v) is 6.46. The number of hydrogen-bond acceptors (Lipinski definition) is 2. The Morgan fingerprint density at radius 1 is 1.24 bits per heavy atom. The minimum atomic E-state index is 0.290. The maximum atomic E-state index is 12.2. The standard InChI is InChI=1S/C18H28N2O/c1-14(2)17-6-3-15(4-7-17)5-8-18(21)20-11-9-16(13-19)10-12-20/h3-4,6-7,14,16H,5,8-13,19H2,1-2H3. The number of hydrogen-bond donors (Lipinski definition) is 1. The molecule has 3 nitrogen and oxygen atoms in total. The van der Waals surface area contributed by atoms with Crippen molar-refractivity contribution in [1.29, 1.82) is 0 Å². The fraction of sp³-hybridized carbons (Fsp3) is 0.611. The molecule has 0 saturated carbocycles. The Labute approximate surface area is 128 Å². The summed E-state index contributed by atoms with van der Waals surface area (Å²) in [5.74, 6) is 1.46. The third-order valence-electron chi connectivity index (χ3n) is 4.57. The van der Waals surface area contributed by atoms with Gasteiger partial charge in [-0.25, -0.2) is 0 Å². The van der Waals surface area contributed by atoms with Crippen LogP contribution in [0.1, 0.15) is 50.2 Å². The number of aryl methyl sites for hydroxylation is 1. The Morgan fingerprint density at radius 2 is 1.86 bits per heavy atom. The van der Waals surface area contributed by atoms with Gasteiger partial charge >= 0.3 is 0 Å². The second-order valence-electron chi connectivity index (χ2n) is 6.46. The first-order valence-corrected chi connectivity index (χ1v) is 8.17. The van der Waals surface area contributed by atoms with Crippen LogP contribution in [0.3, 0.4) is 0 Å². The van der Waals surface area contributed by atoms with Crippen molar-refractivity contribution in [3.05, 3.63) is 35.4 Å². The van der Waals surface area contributed by atoms with E-state index in [1.165, 1.54) is 11.1 Å². The molecule has 2 N–H and O–H groups in total. The van der Waals surface area contributed by atoms with Crippen LogP contribution in [0.25, 0.3) is 0 Å². The van der Waals surface area contributed by atoms with Crippen LogP contribution in [0.15, 0.2) is 24.3 Å². The normalized spacial score (nSPS) is 16.5. The Hall–Kier alpha value is -1.35. The van der Waals surface area contributed by atoms with Crippen molar-refractivity contribution in [2.75, 3.05) is 19.6 Å². The summed E-state index contributed by atoms with van der Waals surface area (Å²) in [6, 6.07) is 8.67. The lowest BCUT2D eigenvalue weighted by atomic mass is 9.96. The number of nitrogens with two attached hydrogens (primary N) is 1. The average molecular weight is 288 g/mol. The molecule has 0 aliphatic carbocycles. The van der Waals surface area contributed by atoms with E-state index in [2.05, 4.69) is 38.1 Å². The lowest BCUT2D eigenvalue weighted by Crippen LogP contribution is -2.40. The van der Waals surface area contributed by atoms with Crippen molar-refractivity contribution in [3.63, 3.8) is 0 Å². The van der Waals surface area contributed by atoms with Gasteiger partial charge in [-0.3, -0.25) is 4.79 Å². The molecule has 1 amide bonds. The molecule has 0 atom stereocenters. The van der Waals surface area contributed by atoms with Crippen LogP contribution >= 0.6 is 0 Å². The van der Waals surface area contributed by atoms with Crippen LogP contribution < -0.4 is 5.73 Å². The van der Waals surface area contributed by atoms with Gasteiger partial charge in [-0.1, -0.05) is 38.1 Å². The molecular weight excluding hydrogens is 260 g/mol. The smallest absolute Gasteiger partial charge is 0.222 e. The summed E-state index contributed by atoms with van der Waals surface area (Å²) in [6.45, 7) is 6.91. The van der Waals surface area contributed by atoms with E-state index in [0.717, 1.165) is 38.9 Å². The van der Waals surface area contributed by atoms with E-state index >= 15 is 0 Å². The number of rotatable bonds is 5. The summed E-state index contributed by atoms with van der Waals surface area (Å²) in [6.07, 6.45) is 3.58. The van der Waals surface area contributed by atoms with Crippen molar-refractivity contribution in [1.82, 2.24) is 4.90 Å². The van der Waals surface area contributed by atoms with Crippen molar-refractivity contribution >= 4 is 5.91 Å². The Morgan fingerprint density at radius 3 is 2.38 bits per heavy atom. The largest absolute Gasteiger partial charge is 0.343 e. The van der Waals surface area contributed by atoms with Gasteiger partial charge in [0.1, 0.15) is 0 Å². The third kappa shape index (κ3) is 4.57. The van der Waals surface area contributed by atoms with Gasteiger partial charge in [0.2, 0.25) is 5.91 Å². The summed E-state index contributed by atoms with van der Waals surface area (Å²) < 4.78 is 0. The summed E-state index contributed by atoms with van der Waals surface area (Å²) in [5.41, 5.74) is 8.30. The molecule has 1 heterocycles. The highest BCUT2D eigenvalue weighted by Gasteiger charge is 2.21. The van der Waals surface area contributed by atoms with Gasteiger partial charge in [0.25, 0.3) is 0 Å². The van der Waals surface area contributed by atoms with E-state index < -0.39 is 0 Å². The summed E-state index contributed by atoms with van der Waals surface area (Å²) in [4.78, 5) is 14.2. The highest BCUT2D eigenvalue weighted by Crippen LogP contribution is 2.18. The predicted octanol–water partition coefficient (Wildman–Crippen LogP) is 2.94. The van der Waals surface area contributed by atoms with Crippen LogP contribution in [-0.2, 0) is 11.2 Å². The maximum Gasteiger partial charge on any atom is 0.222 e. The summed E-state index contributed by atoms with van der Waals surface area (Å²) in [5, 5.41) is 0. The van der Waals surface area contributed by atoms with Crippen molar-refractivity contribution in [3.8, 4) is 0 Å². The molecule has 1 saturated heterocycles. The topological polar surface area (TPSA) is 46.3 Å². The first-order valence-electron chi connectivity index (χ1n) is 8.17. The predicted molar refractivity (Wildman–Crippen MR) is 87.2 cm³/mol. The van der Waals surface area contributed by atoms with Crippen molar-refractivity contribution in [2.45, 2.75) is 45.4 Å². The maximum absolute atomic E-state index is 12.2. The lowest BCUT2D eigenvalue weighted by molar-refractivity contribution is -0.132. The van der Waals surface area contributed by atoms with Crippen LogP contribution in [0.4, 0.5) is 0 Å². The lowest BCUT2D eigenvalue weighted by Gasteiger charge is -2.31. The van der Waals surface area contributed by atoms with Crippen molar-refractivity contribution in [2.24, 2.45) is 11.7 Å². The molecule has 1 aliphatic rings. The van der Waals surface area contributed by atoms with E-state index in [0.29, 0.717) is 24.2 Å². The Bertz CT molecular complexity index is 445. The molecule has 1 aromatic rings. The zero-order valence-electron chi connectivity index (χ0n) is 13.3. The zero-order valence-corrected chi connectivity index (χ0v) is 13.3. The van der Waals surface area contributed by atoms with Crippen LogP contribution in [0, 0.1) is 5.92 Å². The molecule has 0 aromatic heterocycles. The first kappa shape index (κ1) is 16.0. The van der Waals surface area contributed by atoms with Gasteiger partial charge in [0, 0.05) is 19.5 Å². The van der Waals surface area contributed by atoms with E-state index in [-0.39, 0.29) is 0 Å². The third-order valence-corrected chi connectivity index (χ3v) is 4.57. The number of amides is 1. The number of carbonyl (C=O) groups excluding carboxylic acids is 1. The molecular formula is C18H28N2O. The van der Waals surface area contributed by atoms with Gasteiger partial charge < -0.3 is 10.6 Å². The minimum Gasteiger partial charge on any atom is -0.343 e. The quantitative estimate of drug-likeness (QED) is 0.905. The number of nitrogens with zero attached hydrogens (tertiary/aromatic N) is 1. The summed E-state index contributed by atoms with van der Waals surface area (Å²) in [7, 11) is 0. The fourth-order valence-corrected chi connectivity index (χ4v) is 2.90. The SMILES string of the molecule is CC(C)c1ccc(CCC(=O)N2CCC(CN)CC2)cc1. The number of likely N-dealkylation sites (tertiary alicyclic amines) is 1. The number of piperidine rings is 1. The average Bonchev–Trinajstić information content (AvgIpc) is 2.53. The molecule has 0 radical (unpaired) electrons. The molecule has 1 aliphatic heterocycles. The van der Waals surface area contributed by atoms with E-state index in [1.54, 1.807) is 0 Å². The zero-order chi connectivity index (χ0) is 15.2. The summed E-state index contributed by atoms with van der Waals surface area (Å²) >= 11 is 0. The van der Waals surface area contributed by atoms with E-state index in [1.807, 2.05) is 4.90 Å². The van der Waals surface area contributed by atoms with Crippen LogP contribution in [0.5, 0.6) is 0 Å². The van der Waals surface area contributed by atoms with Crippen molar-refractivity contribution < 1.29 is 4.79 Å². The van der Waals surface area contributed by atoms with Gasteiger partial charge in [0.05, 0.1) is 0 Å². The van der Waals surface area contributed by atoms with Gasteiger partial charge in [-0.05, 0) is 48.8 Å². The number of benzene rings is 1. The van der Waals surface area contributed by atoms with Gasteiger partial charge in [-0.15, -0.1) is 0 Å². The van der Waals surface area contributed by atoms with E-state index in [9.17, 15) is 4.79 Å². The molecule has 1 fully saturated rings.